The van der Waals surface area contributed by atoms with Crippen molar-refractivity contribution in [1.82, 2.24) is 0 Å². The molecule has 0 amide bonds. The Bertz CT molecular complexity index is 8.00. The topological polar surface area (TPSA) is 28.5 Å². The van der Waals surface area contributed by atoms with E-state index in [4.69, 9.17) is 0 Å². The molecular weight excluding hydrogens is 392 g/mol. The predicted molar refractivity (Wildman–Crippen MR) is 0.686 cm³/mol. The normalized spacial score (nSPS) is 0. The summed E-state index contributed by atoms with van der Waals surface area (Å²) >= 11 is 0. The van der Waals surface area contributed by atoms with E-state index < -0.39 is 0 Å². The van der Waals surface area contributed by atoms with E-state index in [2.05, 4.69) is 0 Å². The molecule has 0 unspecified atom stereocenters. The summed E-state index contributed by atoms with van der Waals surface area (Å²) in [6, 6.07) is 0. The van der Waals surface area contributed by atoms with Gasteiger partial charge in [-0.1, -0.05) is 0 Å². The first-order chi connectivity index (χ1) is 0. The van der Waals surface area contributed by atoms with Gasteiger partial charge in [-0.25, -0.2) is 0 Å². The van der Waals surface area contributed by atoms with Gasteiger partial charge < -0.3 is 5.48 Å². The summed E-state index contributed by atoms with van der Waals surface area (Å²) in [7, 11) is 0. The number of hydrogen-bond donors (Lipinski definition) is 0. The van der Waals surface area contributed by atoms with Crippen molar-refractivity contribution in [2.24, 2.45) is 0 Å². The van der Waals surface area contributed by atoms with Gasteiger partial charge in [0, 0.05) is 21.1 Å². The van der Waals surface area contributed by atoms with E-state index in [1.807, 2.05) is 0 Å². The smallest absolute Gasteiger partial charge is 2.00 e. The van der Waals surface area contributed by atoms with Crippen LogP contribution in [0.2, 0.25) is 0 Å². The third-order valence-electron chi connectivity index (χ3n) is 0. The summed E-state index contributed by atoms with van der Waals surface area (Å²) in [5.41, 5.74) is 0. The van der Waals surface area contributed by atoms with Gasteiger partial charge >= 0.3 is 45.7 Å². The van der Waals surface area contributed by atoms with Crippen molar-refractivity contribution in [2.45, 2.75) is 0 Å². The molecule has 1 nitrogen and oxygen atoms in total. The quantitative estimate of drug-likeness (QED) is 0.515. The molecule has 0 saturated heterocycles. The van der Waals surface area contributed by atoms with Crippen LogP contribution >= 0.6 is 0 Å². The fourth-order valence-corrected chi connectivity index (χ4v) is 0. The van der Waals surface area contributed by atoms with Gasteiger partial charge in [-0.05, 0) is 0 Å². The van der Waals surface area contributed by atoms with Gasteiger partial charge in [-0.2, -0.15) is 0 Å². The molecule has 0 aromatic rings. The standard InChI is InChI=1S/O.Ru.W.Zr/q-2;+3;;+4. The van der Waals surface area contributed by atoms with E-state index in [0.717, 1.165) is 0 Å². The van der Waals surface area contributed by atoms with Crippen molar-refractivity contribution >= 4 is 0 Å². The Hall–Kier alpha value is 2.15. The van der Waals surface area contributed by atoms with Crippen LogP contribution < -0.4 is 0 Å². The first-order valence-corrected chi connectivity index (χ1v) is 0. The molecule has 0 aliphatic carbocycles. The van der Waals surface area contributed by atoms with E-state index in [0.29, 0.717) is 0 Å². The van der Waals surface area contributed by atoms with Crippen LogP contribution in [-0.4, -0.2) is 0 Å². The summed E-state index contributed by atoms with van der Waals surface area (Å²) in [5, 5.41) is 0. The molecule has 0 aliphatic heterocycles. The van der Waals surface area contributed by atoms with E-state index in [1.165, 1.54) is 0 Å². The van der Waals surface area contributed by atoms with E-state index in [9.17, 15) is 0 Å². The monoisotopic (exact) mass is 392 g/mol. The molecule has 0 heterocycles. The third kappa shape index (κ3) is 8.91. The maximum absolute atomic E-state index is 0. The van der Waals surface area contributed by atoms with Gasteiger partial charge in [-0.15, -0.1) is 0 Å². The summed E-state index contributed by atoms with van der Waals surface area (Å²) in [5.74, 6) is 0. The van der Waals surface area contributed by atoms with Crippen molar-refractivity contribution in [1.29, 1.82) is 0 Å². The van der Waals surface area contributed by atoms with Gasteiger partial charge in [0.25, 0.3) is 0 Å². The van der Waals surface area contributed by atoms with Crippen molar-refractivity contribution < 1.29 is 72.2 Å². The number of hydrogen-bond acceptors (Lipinski definition) is 0. The second-order valence-corrected chi connectivity index (χ2v) is 0. The molecule has 4 heteroatoms. The molecule has 0 aromatic heterocycles. The molecule has 0 spiro atoms. The molecular formula is ORuWZr+5. The van der Waals surface area contributed by atoms with Crippen molar-refractivity contribution in [3.63, 3.8) is 0 Å². The van der Waals surface area contributed by atoms with Gasteiger partial charge in [0.15, 0.2) is 0 Å². The molecule has 0 fully saturated rings. The second-order valence-electron chi connectivity index (χ2n) is 0. The Labute approximate surface area is 71.4 Å². The average Bonchev–Trinajstić information content (AvgIpc) is 0. The van der Waals surface area contributed by atoms with Crippen LogP contribution in [0.3, 0.4) is 0 Å². The van der Waals surface area contributed by atoms with Gasteiger partial charge in [0.2, 0.25) is 0 Å². The Balaban J connectivity index is 0. The molecule has 19 valence electrons. The van der Waals surface area contributed by atoms with E-state index in [1.54, 1.807) is 0 Å². The zero-order valence-electron chi connectivity index (χ0n) is 1.67. The zero-order valence-corrected chi connectivity index (χ0v) is 8.80. The van der Waals surface area contributed by atoms with Crippen LogP contribution in [0.4, 0.5) is 0 Å². The summed E-state index contributed by atoms with van der Waals surface area (Å²) < 4.78 is 0. The van der Waals surface area contributed by atoms with Gasteiger partial charge in [0.1, 0.15) is 0 Å². The molecule has 0 saturated carbocycles. The Morgan fingerprint density at radius 3 is 1.00 bits per heavy atom. The minimum Gasteiger partial charge on any atom is -2.00 e. The maximum Gasteiger partial charge on any atom is 4.00 e. The molecule has 0 bridgehead atoms. The fourth-order valence-electron chi connectivity index (χ4n) is 0. The van der Waals surface area contributed by atoms with Crippen LogP contribution in [0.5, 0.6) is 0 Å². The van der Waals surface area contributed by atoms with Crippen LogP contribution in [0.15, 0.2) is 0 Å². The summed E-state index contributed by atoms with van der Waals surface area (Å²) in [6.45, 7) is 0. The molecule has 0 rings (SSSR count). The predicted octanol–water partition coefficient (Wildman–Crippen LogP) is -0.126. The fraction of sp³-hybridized carbons (Fsp3) is 0. The second kappa shape index (κ2) is 19.2. The van der Waals surface area contributed by atoms with Crippen molar-refractivity contribution in [3.8, 4) is 0 Å². The third-order valence-corrected chi connectivity index (χ3v) is 0. The van der Waals surface area contributed by atoms with Gasteiger partial charge in [-0.3, -0.25) is 0 Å². The molecule has 0 aromatic carbocycles. The molecule has 0 N–H and O–H groups in total. The van der Waals surface area contributed by atoms with Gasteiger partial charge in [0.05, 0.1) is 0 Å². The summed E-state index contributed by atoms with van der Waals surface area (Å²) in [6.07, 6.45) is 0. The molecule has 0 aliphatic rings. The van der Waals surface area contributed by atoms with Crippen LogP contribution in [0.1, 0.15) is 0 Å². The van der Waals surface area contributed by atoms with Crippen LogP contribution in [0.25, 0.3) is 0 Å². The SMILES string of the molecule is [O-2].[Ru+3].[W].[Zr+4]. The Kier molecular flexibility index (Phi) is 169. The van der Waals surface area contributed by atoms with Crippen LogP contribution in [0, 0.1) is 0 Å². The molecule has 4 heavy (non-hydrogen) atoms. The van der Waals surface area contributed by atoms with E-state index >= 15 is 0 Å². The van der Waals surface area contributed by atoms with Crippen molar-refractivity contribution in [2.75, 3.05) is 0 Å². The average molecular weight is 392 g/mol. The maximum atomic E-state index is 0. The van der Waals surface area contributed by atoms with E-state index in [-0.39, 0.29) is 72.2 Å². The molecule has 1 radical (unpaired) electrons. The Morgan fingerprint density at radius 2 is 1.00 bits per heavy atom. The Morgan fingerprint density at radius 1 is 1.00 bits per heavy atom. The number of rotatable bonds is 0. The summed E-state index contributed by atoms with van der Waals surface area (Å²) in [4.78, 5) is 0. The zero-order chi connectivity index (χ0) is 0. The largest absolute Gasteiger partial charge is 4.00 e. The minimum atomic E-state index is 0. The first kappa shape index (κ1) is 35.2. The first-order valence-electron chi connectivity index (χ1n) is 0. The van der Waals surface area contributed by atoms with Crippen LogP contribution in [-0.2, 0) is 72.2 Å². The van der Waals surface area contributed by atoms with Crippen molar-refractivity contribution in [3.05, 3.63) is 0 Å². The molecule has 0 atom stereocenters. The minimum absolute atomic E-state index is 0.